The van der Waals surface area contributed by atoms with Gasteiger partial charge in [0.1, 0.15) is 5.73 Å². The maximum atomic E-state index is 15.2. The van der Waals surface area contributed by atoms with Crippen LogP contribution in [0.1, 0.15) is 54.9 Å². The van der Waals surface area contributed by atoms with Crippen molar-refractivity contribution in [2.24, 2.45) is 5.41 Å². The molecule has 2 aliphatic heterocycles. The minimum atomic E-state index is -0.957. The summed E-state index contributed by atoms with van der Waals surface area (Å²) in [6.45, 7) is 15.6. The molecule has 23 heavy (non-hydrogen) atoms. The maximum Gasteiger partial charge on any atom is 0.525 e. The second-order valence-electron chi connectivity index (χ2n) is 8.84. The summed E-state index contributed by atoms with van der Waals surface area (Å²) >= 11 is 0. The van der Waals surface area contributed by atoms with Crippen LogP contribution >= 0.6 is 0 Å². The van der Waals surface area contributed by atoms with E-state index in [2.05, 4.69) is 4.90 Å². The van der Waals surface area contributed by atoms with Gasteiger partial charge in [-0.05, 0) is 45.1 Å². The van der Waals surface area contributed by atoms with Gasteiger partial charge in [0.25, 0.3) is 0 Å². The highest BCUT2D eigenvalue weighted by Crippen LogP contribution is 2.41. The van der Waals surface area contributed by atoms with Crippen molar-refractivity contribution < 1.29 is 18.8 Å². The Morgan fingerprint density at radius 3 is 2.13 bits per heavy atom. The Balaban J connectivity index is 2.25. The fourth-order valence-electron chi connectivity index (χ4n) is 2.94. The monoisotopic (exact) mass is 327 g/mol. The third kappa shape index (κ3) is 3.98. The molecule has 0 bridgehead atoms. The van der Waals surface area contributed by atoms with Gasteiger partial charge in [0.15, 0.2) is 0 Å². The Hall–Kier alpha value is -0.425. The number of aliphatic hydroxyl groups is 1. The van der Waals surface area contributed by atoms with Gasteiger partial charge in [0.2, 0.25) is 0 Å². The molecule has 1 unspecified atom stereocenters. The van der Waals surface area contributed by atoms with Gasteiger partial charge in [-0.15, -0.1) is 0 Å². The van der Waals surface area contributed by atoms with Crippen molar-refractivity contribution in [3.8, 4) is 0 Å². The molecule has 6 heteroatoms. The molecule has 0 spiro atoms. The highest BCUT2D eigenvalue weighted by molar-refractivity contribution is 6.53. The third-order valence-electron chi connectivity index (χ3n) is 5.28. The van der Waals surface area contributed by atoms with Crippen molar-refractivity contribution in [2.45, 2.75) is 72.2 Å². The first-order chi connectivity index (χ1) is 10.3. The van der Waals surface area contributed by atoms with E-state index in [1.54, 1.807) is 0 Å². The lowest BCUT2D eigenvalue weighted by atomic mass is 9.75. The van der Waals surface area contributed by atoms with E-state index in [9.17, 15) is 5.11 Å². The first-order valence-corrected chi connectivity index (χ1v) is 8.48. The lowest BCUT2D eigenvalue weighted by Gasteiger charge is -2.32. The largest absolute Gasteiger partial charge is 0.525 e. The number of nitrogens with zero attached hydrogens (tertiary/aromatic N) is 1. The molecule has 2 aliphatic rings. The van der Waals surface area contributed by atoms with Crippen molar-refractivity contribution >= 4 is 7.12 Å². The summed E-state index contributed by atoms with van der Waals surface area (Å²) in [6, 6.07) is 0. The van der Waals surface area contributed by atoms with Gasteiger partial charge in [-0.3, -0.25) is 4.90 Å². The first-order valence-electron chi connectivity index (χ1n) is 8.48. The molecule has 0 saturated carbocycles. The summed E-state index contributed by atoms with van der Waals surface area (Å²) in [7, 11) is -0.957. The summed E-state index contributed by atoms with van der Waals surface area (Å²) in [5, 5.41) is 9.70. The molecule has 2 rings (SSSR count). The van der Waals surface area contributed by atoms with E-state index in [-0.39, 0.29) is 17.2 Å². The smallest absolute Gasteiger partial charge is 0.398 e. The summed E-state index contributed by atoms with van der Waals surface area (Å²) in [5.41, 5.74) is -1.08. The minimum absolute atomic E-state index is 0.309. The van der Waals surface area contributed by atoms with Gasteiger partial charge in [-0.25, -0.2) is 4.39 Å². The van der Waals surface area contributed by atoms with Gasteiger partial charge in [0, 0.05) is 19.6 Å². The fraction of sp³-hybridized carbons (Fsp3) is 0.882. The molecule has 2 heterocycles. The van der Waals surface area contributed by atoms with Crippen LogP contribution in [0.4, 0.5) is 4.39 Å². The predicted octanol–water partition coefficient (Wildman–Crippen LogP) is 2.95. The van der Waals surface area contributed by atoms with Crippen LogP contribution in [-0.4, -0.2) is 54.1 Å². The molecular weight excluding hydrogens is 296 g/mol. The second kappa shape index (κ2) is 6.14. The number of rotatable bonds is 3. The zero-order chi connectivity index (χ0) is 17.6. The normalized spacial score (nSPS) is 29.1. The quantitative estimate of drug-likeness (QED) is 0.810. The topological polar surface area (TPSA) is 41.9 Å². The van der Waals surface area contributed by atoms with E-state index < -0.39 is 18.3 Å². The van der Waals surface area contributed by atoms with E-state index in [1.165, 1.54) is 0 Å². The predicted molar refractivity (Wildman–Crippen MR) is 90.7 cm³/mol. The summed E-state index contributed by atoms with van der Waals surface area (Å²) in [5.74, 6) is 0. The highest BCUT2D eigenvalue weighted by atomic mass is 19.1. The SMILES string of the molecule is CC(C)(C)C(CN1CCC(O)C1)=C(F)B1OC(C)(C)C(C)(C)O1. The molecule has 1 N–H and O–H groups in total. The lowest BCUT2D eigenvalue weighted by Crippen LogP contribution is -2.41. The Labute approximate surface area is 140 Å². The van der Waals surface area contributed by atoms with E-state index in [1.807, 2.05) is 48.5 Å². The van der Waals surface area contributed by atoms with Crippen LogP contribution in [0.5, 0.6) is 0 Å². The van der Waals surface area contributed by atoms with Gasteiger partial charge in [-0.1, -0.05) is 20.8 Å². The molecule has 2 saturated heterocycles. The van der Waals surface area contributed by atoms with Gasteiger partial charge >= 0.3 is 7.12 Å². The zero-order valence-electron chi connectivity index (χ0n) is 15.6. The van der Waals surface area contributed by atoms with E-state index in [0.717, 1.165) is 13.0 Å². The van der Waals surface area contributed by atoms with Crippen molar-refractivity contribution in [1.29, 1.82) is 0 Å². The second-order valence-corrected chi connectivity index (χ2v) is 8.84. The number of hydrogen-bond donors (Lipinski definition) is 1. The Morgan fingerprint density at radius 1 is 1.22 bits per heavy atom. The molecule has 132 valence electrons. The van der Waals surface area contributed by atoms with Gasteiger partial charge in [0.05, 0.1) is 17.3 Å². The summed E-state index contributed by atoms with van der Waals surface area (Å²) < 4.78 is 27.0. The molecule has 0 aromatic carbocycles. The average Bonchev–Trinajstić information content (AvgIpc) is 2.86. The number of halogens is 1. The number of aliphatic hydroxyl groups excluding tert-OH is 1. The van der Waals surface area contributed by atoms with Crippen molar-refractivity contribution in [3.05, 3.63) is 11.3 Å². The Morgan fingerprint density at radius 2 is 1.74 bits per heavy atom. The van der Waals surface area contributed by atoms with Crippen LogP contribution in [0.15, 0.2) is 11.3 Å². The van der Waals surface area contributed by atoms with Crippen LogP contribution < -0.4 is 0 Å². The molecule has 0 radical (unpaired) electrons. The first kappa shape index (κ1) is 18.9. The number of likely N-dealkylation sites (tertiary alicyclic amines) is 1. The van der Waals surface area contributed by atoms with E-state index in [4.69, 9.17) is 9.31 Å². The Kier molecular flexibility index (Phi) is 5.05. The standard InChI is InChI=1S/C17H31BFNO3/c1-15(2,3)13(11-20-9-8-12(21)10-20)14(19)18-22-16(4,5)17(6,7)23-18/h12,21H,8-11H2,1-7H3. The molecule has 2 fully saturated rings. The summed E-state index contributed by atoms with van der Waals surface area (Å²) in [4.78, 5) is 2.09. The third-order valence-corrected chi connectivity index (χ3v) is 5.28. The highest BCUT2D eigenvalue weighted by Gasteiger charge is 2.54. The maximum absolute atomic E-state index is 15.2. The van der Waals surface area contributed by atoms with Gasteiger partial charge in [-0.2, -0.15) is 0 Å². The van der Waals surface area contributed by atoms with Crippen LogP contribution in [0.3, 0.4) is 0 Å². The van der Waals surface area contributed by atoms with Crippen molar-refractivity contribution in [1.82, 2.24) is 4.90 Å². The van der Waals surface area contributed by atoms with Gasteiger partial charge < -0.3 is 14.4 Å². The fourth-order valence-corrected chi connectivity index (χ4v) is 2.94. The molecular formula is C17H31BFNO3. The molecule has 0 aromatic rings. The lowest BCUT2D eigenvalue weighted by molar-refractivity contribution is 0.00578. The van der Waals surface area contributed by atoms with Crippen LogP contribution in [0, 0.1) is 5.41 Å². The van der Waals surface area contributed by atoms with Crippen molar-refractivity contribution in [3.63, 3.8) is 0 Å². The molecule has 0 amide bonds. The average molecular weight is 327 g/mol. The van der Waals surface area contributed by atoms with Crippen LogP contribution in [0.25, 0.3) is 0 Å². The van der Waals surface area contributed by atoms with E-state index >= 15 is 4.39 Å². The van der Waals surface area contributed by atoms with E-state index in [0.29, 0.717) is 18.7 Å². The number of β-amino-alcohol motifs (C(OH)–C–C–N with tert-alkyl or cyclic N) is 1. The molecule has 4 nitrogen and oxygen atoms in total. The van der Waals surface area contributed by atoms with Crippen LogP contribution in [0.2, 0.25) is 0 Å². The van der Waals surface area contributed by atoms with Crippen molar-refractivity contribution in [2.75, 3.05) is 19.6 Å². The summed E-state index contributed by atoms with van der Waals surface area (Å²) in [6.07, 6.45) is 0.436. The molecule has 0 aliphatic carbocycles. The zero-order valence-corrected chi connectivity index (χ0v) is 15.6. The minimum Gasteiger partial charge on any atom is -0.398 e. The van der Waals surface area contributed by atoms with Crippen LogP contribution in [-0.2, 0) is 9.31 Å². The Bertz CT molecular complexity index is 469. The molecule has 0 aromatic heterocycles. The molecule has 1 atom stereocenters. The number of hydrogen-bond acceptors (Lipinski definition) is 4.